The molecule has 0 N–H and O–H groups in total. The number of hydrogen-bond acceptors (Lipinski definition) is 4. The molecular formula is C21H18N2O4. The molecule has 0 radical (unpaired) electrons. The van der Waals surface area contributed by atoms with E-state index in [9.17, 15) is 14.4 Å². The van der Waals surface area contributed by atoms with Crippen LogP contribution in [0.1, 0.15) is 27.1 Å². The minimum absolute atomic E-state index is 0.0995. The Labute approximate surface area is 155 Å². The molecule has 0 fully saturated rings. The molecule has 27 heavy (non-hydrogen) atoms. The first-order valence-electron chi connectivity index (χ1n) is 8.72. The number of benzene rings is 2. The Morgan fingerprint density at radius 3 is 2.26 bits per heavy atom. The summed E-state index contributed by atoms with van der Waals surface area (Å²) in [5.74, 6) is 0.160. The van der Waals surface area contributed by atoms with E-state index in [2.05, 4.69) is 0 Å². The fraction of sp³-hybridized carbons (Fsp3) is 0.190. The van der Waals surface area contributed by atoms with Crippen molar-refractivity contribution >= 4 is 22.6 Å². The summed E-state index contributed by atoms with van der Waals surface area (Å²) in [6.45, 7) is 0.702. The Kier molecular flexibility index (Phi) is 4.24. The monoisotopic (exact) mass is 362 g/mol. The number of carbonyl (C=O) groups is 2. The van der Waals surface area contributed by atoms with Crippen LogP contribution in [0.5, 0.6) is 5.75 Å². The molecule has 1 aromatic heterocycles. The van der Waals surface area contributed by atoms with Crippen LogP contribution in [-0.4, -0.2) is 34.9 Å². The van der Waals surface area contributed by atoms with Gasteiger partial charge in [-0.1, -0.05) is 12.1 Å². The normalized spacial score (nSPS) is 13.3. The van der Waals surface area contributed by atoms with Gasteiger partial charge >= 0.3 is 0 Å². The number of rotatable bonds is 5. The molecule has 2 aromatic carbocycles. The summed E-state index contributed by atoms with van der Waals surface area (Å²) >= 11 is 0. The second kappa shape index (κ2) is 6.72. The van der Waals surface area contributed by atoms with Crippen molar-refractivity contribution in [3.63, 3.8) is 0 Å². The lowest BCUT2D eigenvalue weighted by Crippen LogP contribution is -2.32. The van der Waals surface area contributed by atoms with Crippen molar-refractivity contribution in [2.75, 3.05) is 13.7 Å². The molecule has 2 heterocycles. The highest BCUT2D eigenvalue weighted by atomic mass is 16.5. The van der Waals surface area contributed by atoms with Crippen molar-refractivity contribution in [1.82, 2.24) is 9.47 Å². The Balaban J connectivity index is 1.49. The number of aromatic nitrogens is 1. The molecule has 0 saturated heterocycles. The maximum Gasteiger partial charge on any atom is 0.261 e. The molecule has 1 aliphatic heterocycles. The fourth-order valence-electron chi connectivity index (χ4n) is 3.41. The maximum absolute atomic E-state index is 12.6. The predicted molar refractivity (Wildman–Crippen MR) is 101 cm³/mol. The maximum atomic E-state index is 12.6. The van der Waals surface area contributed by atoms with Crippen LogP contribution in [0.4, 0.5) is 0 Å². The highest BCUT2D eigenvalue weighted by Crippen LogP contribution is 2.22. The van der Waals surface area contributed by atoms with Crippen LogP contribution in [-0.2, 0) is 6.54 Å². The summed E-state index contributed by atoms with van der Waals surface area (Å²) in [6, 6.07) is 14.0. The lowest BCUT2D eigenvalue weighted by molar-refractivity contribution is 0.0650. The third-order valence-electron chi connectivity index (χ3n) is 4.84. The van der Waals surface area contributed by atoms with Gasteiger partial charge in [-0.3, -0.25) is 19.3 Å². The van der Waals surface area contributed by atoms with E-state index < -0.39 is 0 Å². The lowest BCUT2D eigenvalue weighted by atomic mass is 10.1. The minimum Gasteiger partial charge on any atom is -0.497 e. The van der Waals surface area contributed by atoms with Crippen LogP contribution >= 0.6 is 0 Å². The van der Waals surface area contributed by atoms with Gasteiger partial charge in [-0.05, 0) is 48.2 Å². The van der Waals surface area contributed by atoms with E-state index in [1.54, 1.807) is 54.3 Å². The van der Waals surface area contributed by atoms with Gasteiger partial charge in [0, 0.05) is 24.7 Å². The second-order valence-corrected chi connectivity index (χ2v) is 6.43. The van der Waals surface area contributed by atoms with Crippen molar-refractivity contribution in [2.24, 2.45) is 0 Å². The molecule has 0 aliphatic carbocycles. The number of imide groups is 1. The number of aryl methyl sites for hydroxylation is 1. The fourth-order valence-corrected chi connectivity index (χ4v) is 3.41. The molecule has 136 valence electrons. The first-order valence-corrected chi connectivity index (χ1v) is 8.72. The van der Waals surface area contributed by atoms with E-state index in [0.29, 0.717) is 35.2 Å². The predicted octanol–water partition coefficient (Wildman–Crippen LogP) is 2.70. The van der Waals surface area contributed by atoms with Crippen LogP contribution in [0.15, 0.2) is 59.5 Å². The molecule has 4 rings (SSSR count). The van der Waals surface area contributed by atoms with Crippen molar-refractivity contribution in [1.29, 1.82) is 0 Å². The quantitative estimate of drug-likeness (QED) is 0.655. The smallest absolute Gasteiger partial charge is 0.261 e. The highest BCUT2D eigenvalue weighted by Gasteiger charge is 2.34. The molecule has 1 aliphatic rings. The number of nitrogens with zero attached hydrogens (tertiary/aromatic N) is 2. The van der Waals surface area contributed by atoms with Gasteiger partial charge < -0.3 is 9.30 Å². The third-order valence-corrected chi connectivity index (χ3v) is 4.84. The Morgan fingerprint density at radius 1 is 0.889 bits per heavy atom. The zero-order chi connectivity index (χ0) is 19.0. The van der Waals surface area contributed by atoms with Crippen molar-refractivity contribution in [3.05, 3.63) is 76.2 Å². The topological polar surface area (TPSA) is 68.6 Å². The van der Waals surface area contributed by atoms with Gasteiger partial charge in [0.2, 0.25) is 0 Å². The summed E-state index contributed by atoms with van der Waals surface area (Å²) in [5.41, 5.74) is 0.788. The van der Waals surface area contributed by atoms with E-state index in [1.807, 2.05) is 12.1 Å². The van der Waals surface area contributed by atoms with E-state index in [0.717, 1.165) is 5.39 Å². The molecule has 0 saturated carbocycles. The first-order chi connectivity index (χ1) is 13.1. The van der Waals surface area contributed by atoms with Crippen LogP contribution in [0, 0.1) is 0 Å². The van der Waals surface area contributed by atoms with Gasteiger partial charge in [-0.25, -0.2) is 0 Å². The number of carbonyl (C=O) groups excluding carboxylic acids is 2. The largest absolute Gasteiger partial charge is 0.497 e. The molecule has 0 bridgehead atoms. The number of amides is 2. The van der Waals surface area contributed by atoms with E-state index in [4.69, 9.17) is 4.74 Å². The van der Waals surface area contributed by atoms with Crippen LogP contribution in [0.2, 0.25) is 0 Å². The standard InChI is InChI=1S/C21H18N2O4/c1-27-15-7-8-16-14(13-15)9-12-22(19(16)24)10-4-11-23-20(25)17-5-2-3-6-18(17)21(23)26/h2-3,5-9,12-13H,4,10-11H2,1H3. The highest BCUT2D eigenvalue weighted by molar-refractivity contribution is 6.21. The molecule has 2 amide bonds. The second-order valence-electron chi connectivity index (χ2n) is 6.43. The Hall–Kier alpha value is -3.41. The summed E-state index contributed by atoms with van der Waals surface area (Å²) in [6.07, 6.45) is 2.24. The SMILES string of the molecule is COc1ccc2c(=O)n(CCCN3C(=O)c4ccccc4C3=O)ccc2c1. The van der Waals surface area contributed by atoms with Crippen molar-refractivity contribution in [3.8, 4) is 5.75 Å². The lowest BCUT2D eigenvalue weighted by Gasteiger charge is -2.14. The summed E-state index contributed by atoms with van der Waals surface area (Å²) in [5, 5.41) is 1.43. The first kappa shape index (κ1) is 17.0. The van der Waals surface area contributed by atoms with Crippen LogP contribution < -0.4 is 10.3 Å². The van der Waals surface area contributed by atoms with Crippen LogP contribution in [0.25, 0.3) is 10.8 Å². The van der Waals surface area contributed by atoms with Gasteiger partial charge in [-0.2, -0.15) is 0 Å². The summed E-state index contributed by atoms with van der Waals surface area (Å²) in [7, 11) is 1.58. The van der Waals surface area contributed by atoms with Gasteiger partial charge in [0.15, 0.2) is 0 Å². The Bertz CT molecular complexity index is 1080. The van der Waals surface area contributed by atoms with Gasteiger partial charge in [0.05, 0.1) is 18.2 Å². The minimum atomic E-state index is -0.270. The van der Waals surface area contributed by atoms with Crippen molar-refractivity contribution in [2.45, 2.75) is 13.0 Å². The van der Waals surface area contributed by atoms with Gasteiger partial charge in [0.1, 0.15) is 5.75 Å². The molecule has 0 atom stereocenters. The number of fused-ring (bicyclic) bond motifs is 2. The Morgan fingerprint density at radius 2 is 1.59 bits per heavy atom. The van der Waals surface area contributed by atoms with E-state index in [1.165, 1.54) is 4.90 Å². The van der Waals surface area contributed by atoms with E-state index in [-0.39, 0.29) is 23.9 Å². The number of methoxy groups -OCH3 is 1. The molecule has 0 unspecified atom stereocenters. The molecular weight excluding hydrogens is 344 g/mol. The summed E-state index contributed by atoms with van der Waals surface area (Å²) in [4.78, 5) is 38.6. The molecule has 3 aromatic rings. The zero-order valence-electron chi connectivity index (χ0n) is 14.8. The van der Waals surface area contributed by atoms with E-state index >= 15 is 0 Å². The number of ether oxygens (including phenoxy) is 1. The average molecular weight is 362 g/mol. The molecule has 6 heteroatoms. The average Bonchev–Trinajstić information content (AvgIpc) is 2.94. The van der Waals surface area contributed by atoms with Crippen molar-refractivity contribution < 1.29 is 14.3 Å². The van der Waals surface area contributed by atoms with Crippen LogP contribution in [0.3, 0.4) is 0 Å². The van der Waals surface area contributed by atoms with Gasteiger partial charge in [-0.15, -0.1) is 0 Å². The van der Waals surface area contributed by atoms with Gasteiger partial charge in [0.25, 0.3) is 17.4 Å². The number of hydrogen-bond donors (Lipinski definition) is 0. The third kappa shape index (κ3) is 2.89. The zero-order valence-corrected chi connectivity index (χ0v) is 14.8. The number of pyridine rings is 1. The molecule has 6 nitrogen and oxygen atoms in total. The summed E-state index contributed by atoms with van der Waals surface area (Å²) < 4.78 is 6.79. The molecule has 0 spiro atoms.